The summed E-state index contributed by atoms with van der Waals surface area (Å²) >= 11 is 0. The smallest absolute Gasteiger partial charge is 0.369 e. The molecule has 0 atom stereocenters. The molecular formula is C24H24F6N4O2. The van der Waals surface area contributed by atoms with Gasteiger partial charge in [0.25, 0.3) is 5.60 Å². The molecule has 2 heterocycles. The summed E-state index contributed by atoms with van der Waals surface area (Å²) in [6.07, 6.45) is -11.3. The zero-order valence-electron chi connectivity index (χ0n) is 19.6. The largest absolute Gasteiger partial charge is 0.430 e. The lowest BCUT2D eigenvalue weighted by Gasteiger charge is -2.33. The Hall–Kier alpha value is -3.41. The van der Waals surface area contributed by atoms with Crippen molar-refractivity contribution in [3.05, 3.63) is 65.0 Å². The van der Waals surface area contributed by atoms with Crippen LogP contribution in [0.1, 0.15) is 42.8 Å². The maximum Gasteiger partial charge on any atom is 0.430 e. The minimum Gasteiger partial charge on any atom is -0.369 e. The molecular weight excluding hydrogens is 490 g/mol. The molecule has 1 aliphatic rings. The number of nitrogens with zero attached hydrogens (tertiary/aromatic N) is 3. The van der Waals surface area contributed by atoms with Crippen LogP contribution >= 0.6 is 0 Å². The number of carbonyl (C=O) groups excluding carboxylic acids is 1. The number of aliphatic hydroxyl groups is 1. The molecule has 1 aliphatic heterocycles. The van der Waals surface area contributed by atoms with Crippen LogP contribution in [-0.2, 0) is 23.4 Å². The van der Waals surface area contributed by atoms with E-state index in [2.05, 4.69) is 15.2 Å². The first-order valence-corrected chi connectivity index (χ1v) is 11.1. The molecule has 194 valence electrons. The van der Waals surface area contributed by atoms with Crippen LogP contribution in [0, 0.1) is 6.92 Å². The monoisotopic (exact) mass is 514 g/mol. The molecule has 0 saturated heterocycles. The van der Waals surface area contributed by atoms with Crippen LogP contribution in [0.4, 0.5) is 32.0 Å². The SMILES string of the molecule is CC.Cc1nc(-c2ccc3c(c2)CCC(=O)N3Cc2ccc(C(O)(C(F)(F)F)C(F)(F)F)cc2)n[nH]1. The maximum absolute atomic E-state index is 13.1. The second-order valence-corrected chi connectivity index (χ2v) is 7.97. The fourth-order valence-corrected chi connectivity index (χ4v) is 3.87. The second-order valence-electron chi connectivity index (χ2n) is 7.97. The third kappa shape index (κ3) is 4.95. The number of alkyl halides is 6. The van der Waals surface area contributed by atoms with E-state index in [9.17, 15) is 36.2 Å². The van der Waals surface area contributed by atoms with Gasteiger partial charge in [-0.15, -0.1) is 0 Å². The lowest BCUT2D eigenvalue weighted by molar-refractivity contribution is -0.376. The van der Waals surface area contributed by atoms with Gasteiger partial charge in [-0.05, 0) is 42.7 Å². The lowest BCUT2D eigenvalue weighted by Crippen LogP contribution is -2.53. The highest BCUT2D eigenvalue weighted by molar-refractivity contribution is 5.96. The number of benzene rings is 2. The number of rotatable bonds is 4. The standard InChI is InChI=1S/C22H18F6N4O2.C2H6/c1-12-29-19(31-30-12)15-4-8-17-14(10-15)5-9-18(33)32(17)11-13-2-6-16(7-3-13)20(34,21(23,24)25)22(26,27)28;1-2/h2-4,6-8,10,34H,5,9,11H2,1H3,(H,29,30,31);1-2H3. The van der Waals surface area contributed by atoms with E-state index in [1.165, 1.54) is 4.90 Å². The molecule has 0 bridgehead atoms. The number of fused-ring (bicyclic) bond motifs is 1. The molecule has 6 nitrogen and oxygen atoms in total. The van der Waals surface area contributed by atoms with E-state index >= 15 is 0 Å². The van der Waals surface area contributed by atoms with Gasteiger partial charge >= 0.3 is 12.4 Å². The summed E-state index contributed by atoms with van der Waals surface area (Å²) < 4.78 is 78.6. The number of hydrogen-bond donors (Lipinski definition) is 2. The van der Waals surface area contributed by atoms with E-state index in [-0.39, 0.29) is 18.9 Å². The molecule has 0 unspecified atom stereocenters. The summed E-state index contributed by atoms with van der Waals surface area (Å²) in [5, 5.41) is 16.4. The van der Waals surface area contributed by atoms with Crippen molar-refractivity contribution in [2.75, 3.05) is 4.90 Å². The van der Waals surface area contributed by atoms with Gasteiger partial charge < -0.3 is 10.0 Å². The number of aromatic nitrogens is 3. The Morgan fingerprint density at radius 1 is 0.972 bits per heavy atom. The first-order valence-electron chi connectivity index (χ1n) is 11.1. The third-order valence-corrected chi connectivity index (χ3v) is 5.67. The van der Waals surface area contributed by atoms with Crippen molar-refractivity contribution in [1.29, 1.82) is 0 Å². The van der Waals surface area contributed by atoms with E-state index in [4.69, 9.17) is 0 Å². The predicted molar refractivity (Wildman–Crippen MR) is 120 cm³/mol. The summed E-state index contributed by atoms with van der Waals surface area (Å²) in [7, 11) is 0. The number of aromatic amines is 1. The zero-order chi connectivity index (χ0) is 26.9. The molecule has 36 heavy (non-hydrogen) atoms. The Morgan fingerprint density at radius 2 is 1.58 bits per heavy atom. The van der Waals surface area contributed by atoms with Crippen LogP contribution in [0.5, 0.6) is 0 Å². The average Bonchev–Trinajstić information content (AvgIpc) is 3.26. The van der Waals surface area contributed by atoms with Crippen LogP contribution in [0.3, 0.4) is 0 Å². The van der Waals surface area contributed by atoms with E-state index in [0.717, 1.165) is 23.3 Å². The zero-order valence-corrected chi connectivity index (χ0v) is 19.6. The van der Waals surface area contributed by atoms with Crippen molar-refractivity contribution >= 4 is 11.6 Å². The van der Waals surface area contributed by atoms with Gasteiger partial charge in [0.15, 0.2) is 5.82 Å². The van der Waals surface area contributed by atoms with Crippen molar-refractivity contribution in [2.24, 2.45) is 0 Å². The number of H-pyrrole nitrogens is 1. The number of halogens is 6. The third-order valence-electron chi connectivity index (χ3n) is 5.67. The molecule has 2 aromatic carbocycles. The highest BCUT2D eigenvalue weighted by Gasteiger charge is 2.71. The number of anilines is 1. The van der Waals surface area contributed by atoms with Gasteiger partial charge in [-0.1, -0.05) is 38.1 Å². The Bertz CT molecular complexity index is 1200. The minimum atomic E-state index is -5.96. The molecule has 0 fully saturated rings. The fraction of sp³-hybridized carbons (Fsp3) is 0.375. The Morgan fingerprint density at radius 3 is 2.11 bits per heavy atom. The molecule has 1 aromatic heterocycles. The summed E-state index contributed by atoms with van der Waals surface area (Å²) in [6.45, 7) is 5.69. The fourth-order valence-electron chi connectivity index (χ4n) is 3.87. The molecule has 0 saturated carbocycles. The normalized spacial score (nSPS) is 14.3. The molecule has 1 amide bonds. The molecule has 2 N–H and O–H groups in total. The number of amides is 1. The van der Waals surface area contributed by atoms with E-state index in [1.54, 1.807) is 19.1 Å². The van der Waals surface area contributed by atoms with Gasteiger partial charge in [-0.3, -0.25) is 9.89 Å². The predicted octanol–water partition coefficient (Wildman–Crippen LogP) is 5.60. The Balaban J connectivity index is 0.00000176. The molecule has 0 aliphatic carbocycles. The van der Waals surface area contributed by atoms with Gasteiger partial charge in [0, 0.05) is 23.2 Å². The first kappa shape index (κ1) is 27.2. The summed E-state index contributed by atoms with van der Waals surface area (Å²) in [5.74, 6) is 0.886. The quantitative estimate of drug-likeness (QED) is 0.445. The number of nitrogens with one attached hydrogen (secondary N) is 1. The summed E-state index contributed by atoms with van der Waals surface area (Å²) in [5.41, 5.74) is -3.90. The topological polar surface area (TPSA) is 82.1 Å². The Labute approximate surface area is 203 Å². The lowest BCUT2D eigenvalue weighted by atomic mass is 9.91. The molecule has 3 aromatic rings. The molecule has 0 radical (unpaired) electrons. The van der Waals surface area contributed by atoms with Crippen LogP contribution in [0.25, 0.3) is 11.4 Å². The Kier molecular flexibility index (Phi) is 7.49. The minimum absolute atomic E-state index is 0.0678. The van der Waals surface area contributed by atoms with Crippen LogP contribution in [0.2, 0.25) is 0 Å². The second kappa shape index (κ2) is 9.92. The van der Waals surface area contributed by atoms with Gasteiger partial charge in [-0.25, -0.2) is 4.98 Å². The number of carbonyl (C=O) groups is 1. The first-order chi connectivity index (χ1) is 16.8. The van der Waals surface area contributed by atoms with Crippen molar-refractivity contribution in [3.8, 4) is 11.4 Å². The molecule has 4 rings (SSSR count). The van der Waals surface area contributed by atoms with Crippen molar-refractivity contribution in [2.45, 2.75) is 58.1 Å². The van der Waals surface area contributed by atoms with E-state index in [0.29, 0.717) is 41.5 Å². The highest BCUT2D eigenvalue weighted by Crippen LogP contribution is 2.50. The molecule has 0 spiro atoms. The van der Waals surface area contributed by atoms with E-state index in [1.807, 2.05) is 19.9 Å². The van der Waals surface area contributed by atoms with Gasteiger partial charge in [0.2, 0.25) is 5.91 Å². The maximum atomic E-state index is 13.1. The van der Waals surface area contributed by atoms with Gasteiger partial charge in [0.05, 0.1) is 6.54 Å². The number of aryl methyl sites for hydroxylation is 2. The van der Waals surface area contributed by atoms with Crippen LogP contribution in [0.15, 0.2) is 42.5 Å². The van der Waals surface area contributed by atoms with Crippen molar-refractivity contribution < 1.29 is 36.2 Å². The molecule has 12 heteroatoms. The average molecular weight is 514 g/mol. The van der Waals surface area contributed by atoms with Crippen LogP contribution in [-0.4, -0.2) is 38.5 Å². The highest BCUT2D eigenvalue weighted by atomic mass is 19.4. The summed E-state index contributed by atoms with van der Waals surface area (Å²) in [6, 6.07) is 8.47. The van der Waals surface area contributed by atoms with Crippen molar-refractivity contribution in [1.82, 2.24) is 15.2 Å². The summed E-state index contributed by atoms with van der Waals surface area (Å²) in [4.78, 5) is 18.3. The van der Waals surface area contributed by atoms with Crippen LogP contribution < -0.4 is 4.90 Å². The van der Waals surface area contributed by atoms with Crippen molar-refractivity contribution in [3.63, 3.8) is 0 Å². The van der Waals surface area contributed by atoms with Gasteiger partial charge in [-0.2, -0.15) is 31.4 Å². The van der Waals surface area contributed by atoms with E-state index < -0.39 is 23.5 Å². The number of hydrogen-bond acceptors (Lipinski definition) is 4. The van der Waals surface area contributed by atoms with Gasteiger partial charge in [0.1, 0.15) is 5.82 Å².